The van der Waals surface area contributed by atoms with E-state index in [4.69, 9.17) is 0 Å². The van der Waals surface area contributed by atoms with E-state index in [1.54, 1.807) is 6.08 Å². The van der Waals surface area contributed by atoms with E-state index in [2.05, 4.69) is 26.8 Å². The monoisotopic (exact) mass is 178 g/mol. The maximum absolute atomic E-state index is 11.5. The van der Waals surface area contributed by atoms with Crippen LogP contribution in [0.3, 0.4) is 0 Å². The minimum atomic E-state index is 0.120. The molecular formula is C12H18O. The molecule has 72 valence electrons. The molecular weight excluding hydrogens is 160 g/mol. The molecule has 1 heteroatoms. The highest BCUT2D eigenvalue weighted by Crippen LogP contribution is 2.31. The molecule has 0 N–H and O–H groups in total. The molecule has 0 heterocycles. The van der Waals surface area contributed by atoms with E-state index in [9.17, 15) is 4.79 Å². The van der Waals surface area contributed by atoms with Gasteiger partial charge in [-0.15, -0.1) is 0 Å². The Hall–Kier alpha value is -0.850. The van der Waals surface area contributed by atoms with Crippen LogP contribution >= 0.6 is 0 Å². The Morgan fingerprint density at radius 3 is 2.38 bits per heavy atom. The van der Waals surface area contributed by atoms with Crippen LogP contribution in [0.15, 0.2) is 23.3 Å². The van der Waals surface area contributed by atoms with Gasteiger partial charge in [-0.05, 0) is 37.3 Å². The molecule has 0 aromatic rings. The standard InChI is InChI=1S/C12H18O/c1-9-5-10(2)7-12(3,4)8-11(13)6-9/h5-6H,7-8H2,1-4H3/b9-6-,10-5-. The molecule has 0 amide bonds. The number of carbonyl (C=O) groups is 1. The molecule has 0 radical (unpaired) electrons. The first-order chi connectivity index (χ1) is 5.89. The molecule has 1 nitrogen and oxygen atoms in total. The minimum absolute atomic E-state index is 0.120. The summed E-state index contributed by atoms with van der Waals surface area (Å²) in [5, 5.41) is 0. The lowest BCUT2D eigenvalue weighted by Crippen LogP contribution is -2.17. The van der Waals surface area contributed by atoms with Crippen molar-refractivity contribution in [2.24, 2.45) is 5.41 Å². The van der Waals surface area contributed by atoms with Gasteiger partial charge in [0.1, 0.15) is 0 Å². The Bertz CT molecular complexity index is 279. The van der Waals surface area contributed by atoms with Crippen molar-refractivity contribution in [3.05, 3.63) is 23.3 Å². The Morgan fingerprint density at radius 2 is 1.77 bits per heavy atom. The first-order valence-electron chi connectivity index (χ1n) is 4.77. The van der Waals surface area contributed by atoms with E-state index in [0.717, 1.165) is 12.0 Å². The molecule has 0 aromatic carbocycles. The fourth-order valence-corrected chi connectivity index (χ4v) is 2.08. The van der Waals surface area contributed by atoms with Crippen molar-refractivity contribution in [3.8, 4) is 0 Å². The van der Waals surface area contributed by atoms with E-state index in [1.807, 2.05) is 6.92 Å². The van der Waals surface area contributed by atoms with Gasteiger partial charge >= 0.3 is 0 Å². The van der Waals surface area contributed by atoms with Crippen LogP contribution < -0.4 is 0 Å². The second kappa shape index (κ2) is 3.49. The van der Waals surface area contributed by atoms with Gasteiger partial charge in [-0.3, -0.25) is 4.79 Å². The van der Waals surface area contributed by atoms with Gasteiger partial charge in [-0.2, -0.15) is 0 Å². The average molecular weight is 178 g/mol. The summed E-state index contributed by atoms with van der Waals surface area (Å²) in [5.74, 6) is 0.256. The molecule has 0 spiro atoms. The smallest absolute Gasteiger partial charge is 0.156 e. The third-order valence-electron chi connectivity index (χ3n) is 2.27. The van der Waals surface area contributed by atoms with Crippen LogP contribution in [0.1, 0.15) is 40.5 Å². The zero-order valence-electron chi connectivity index (χ0n) is 8.98. The molecule has 0 fully saturated rings. The summed E-state index contributed by atoms with van der Waals surface area (Å²) in [6.45, 7) is 8.42. The lowest BCUT2D eigenvalue weighted by molar-refractivity contribution is -0.116. The second-order valence-electron chi connectivity index (χ2n) is 4.86. The maximum atomic E-state index is 11.5. The highest BCUT2D eigenvalue weighted by molar-refractivity contribution is 5.91. The molecule has 0 saturated heterocycles. The highest BCUT2D eigenvalue weighted by Gasteiger charge is 2.22. The van der Waals surface area contributed by atoms with Crippen molar-refractivity contribution in [1.82, 2.24) is 0 Å². The van der Waals surface area contributed by atoms with Gasteiger partial charge in [0.2, 0.25) is 0 Å². The van der Waals surface area contributed by atoms with Crippen molar-refractivity contribution in [3.63, 3.8) is 0 Å². The topological polar surface area (TPSA) is 17.1 Å². The summed E-state index contributed by atoms with van der Waals surface area (Å²) in [6, 6.07) is 0. The zero-order chi connectivity index (χ0) is 10.1. The van der Waals surface area contributed by atoms with Crippen LogP contribution in [0.4, 0.5) is 0 Å². The van der Waals surface area contributed by atoms with E-state index in [0.29, 0.717) is 6.42 Å². The largest absolute Gasteiger partial charge is 0.295 e. The van der Waals surface area contributed by atoms with Crippen molar-refractivity contribution in [2.75, 3.05) is 0 Å². The van der Waals surface area contributed by atoms with Gasteiger partial charge < -0.3 is 0 Å². The molecule has 0 saturated carbocycles. The zero-order valence-corrected chi connectivity index (χ0v) is 8.98. The van der Waals surface area contributed by atoms with Crippen LogP contribution in [0, 0.1) is 5.41 Å². The van der Waals surface area contributed by atoms with Gasteiger partial charge in [0.15, 0.2) is 5.78 Å². The summed E-state index contributed by atoms with van der Waals surface area (Å²) in [7, 11) is 0. The first kappa shape index (κ1) is 10.2. The van der Waals surface area contributed by atoms with Crippen LogP contribution in [0.2, 0.25) is 0 Å². The lowest BCUT2D eigenvalue weighted by atomic mass is 9.79. The molecule has 1 rings (SSSR count). The Kier molecular flexibility index (Phi) is 2.74. The molecule has 1 aliphatic carbocycles. The first-order valence-corrected chi connectivity index (χ1v) is 4.77. The number of allylic oxidation sites excluding steroid dienone is 4. The van der Waals surface area contributed by atoms with Gasteiger partial charge in [0.05, 0.1) is 0 Å². The van der Waals surface area contributed by atoms with Crippen LogP contribution in [-0.4, -0.2) is 5.78 Å². The number of hydrogen-bond donors (Lipinski definition) is 0. The normalized spacial score (nSPS) is 30.9. The van der Waals surface area contributed by atoms with Gasteiger partial charge in [0.25, 0.3) is 0 Å². The summed E-state index contributed by atoms with van der Waals surface area (Å²) >= 11 is 0. The fraction of sp³-hybridized carbons (Fsp3) is 0.583. The molecule has 0 bridgehead atoms. The molecule has 0 aromatic heterocycles. The van der Waals surface area contributed by atoms with Crippen molar-refractivity contribution >= 4 is 5.78 Å². The average Bonchev–Trinajstić information content (AvgIpc) is 1.78. The predicted octanol–water partition coefficient (Wildman–Crippen LogP) is 3.27. The summed E-state index contributed by atoms with van der Waals surface area (Å²) in [4.78, 5) is 11.5. The highest BCUT2D eigenvalue weighted by atomic mass is 16.1. The van der Waals surface area contributed by atoms with Crippen LogP contribution in [-0.2, 0) is 4.79 Å². The van der Waals surface area contributed by atoms with Gasteiger partial charge in [-0.25, -0.2) is 0 Å². The van der Waals surface area contributed by atoms with E-state index >= 15 is 0 Å². The van der Waals surface area contributed by atoms with Gasteiger partial charge in [0, 0.05) is 6.42 Å². The van der Waals surface area contributed by atoms with E-state index in [1.165, 1.54) is 5.57 Å². The van der Waals surface area contributed by atoms with Crippen LogP contribution in [0.5, 0.6) is 0 Å². The molecule has 0 atom stereocenters. The molecule has 1 aliphatic rings. The Balaban J connectivity index is 2.96. The Labute approximate surface area is 80.5 Å². The SMILES string of the molecule is CC1=C/C(=O)CC(C)(C)C/C(C)=C\1. The number of ketones is 1. The summed E-state index contributed by atoms with van der Waals surface area (Å²) < 4.78 is 0. The molecule has 0 aliphatic heterocycles. The van der Waals surface area contributed by atoms with Crippen molar-refractivity contribution in [2.45, 2.75) is 40.5 Å². The third-order valence-corrected chi connectivity index (χ3v) is 2.27. The number of rotatable bonds is 0. The predicted molar refractivity (Wildman–Crippen MR) is 55.5 cm³/mol. The van der Waals surface area contributed by atoms with Crippen molar-refractivity contribution < 1.29 is 4.79 Å². The molecule has 13 heavy (non-hydrogen) atoms. The fourth-order valence-electron chi connectivity index (χ4n) is 2.08. The number of hydrogen-bond acceptors (Lipinski definition) is 1. The van der Waals surface area contributed by atoms with E-state index in [-0.39, 0.29) is 11.2 Å². The van der Waals surface area contributed by atoms with Crippen molar-refractivity contribution in [1.29, 1.82) is 0 Å². The Morgan fingerprint density at radius 1 is 1.15 bits per heavy atom. The van der Waals surface area contributed by atoms with E-state index < -0.39 is 0 Å². The third kappa shape index (κ3) is 3.17. The molecule has 0 unspecified atom stereocenters. The minimum Gasteiger partial charge on any atom is -0.295 e. The van der Waals surface area contributed by atoms with Gasteiger partial charge in [-0.1, -0.05) is 25.5 Å². The van der Waals surface area contributed by atoms with Crippen LogP contribution in [0.25, 0.3) is 0 Å². The summed E-state index contributed by atoms with van der Waals surface area (Å²) in [5.41, 5.74) is 2.57. The summed E-state index contributed by atoms with van der Waals surface area (Å²) in [6.07, 6.45) is 5.54. The lowest BCUT2D eigenvalue weighted by Gasteiger charge is -2.25. The maximum Gasteiger partial charge on any atom is 0.156 e. The quantitative estimate of drug-likeness (QED) is 0.556. The second-order valence-corrected chi connectivity index (χ2v) is 4.86. The number of carbonyl (C=O) groups excluding carboxylic acids is 1.